The Morgan fingerprint density at radius 1 is 0.969 bits per heavy atom. The highest BCUT2D eigenvalue weighted by Crippen LogP contribution is 2.34. The van der Waals surface area contributed by atoms with Gasteiger partial charge in [0.05, 0.1) is 21.3 Å². The Labute approximate surface area is 190 Å². The number of aliphatic imine (C=N–C) groups is 1. The van der Waals surface area contributed by atoms with Crippen LogP contribution < -0.4 is 30.2 Å². The van der Waals surface area contributed by atoms with Gasteiger partial charge in [-0.05, 0) is 37.5 Å². The van der Waals surface area contributed by atoms with Crippen molar-refractivity contribution in [2.75, 3.05) is 48.0 Å². The first-order valence-corrected chi connectivity index (χ1v) is 10.7. The quantitative estimate of drug-likeness (QED) is 0.366. The maximum absolute atomic E-state index is 11.8. The number of hydrogen-bond donors (Lipinski definition) is 3. The van der Waals surface area contributed by atoms with Gasteiger partial charge in [0.15, 0.2) is 5.96 Å². The van der Waals surface area contributed by atoms with Crippen molar-refractivity contribution < 1.29 is 19.0 Å². The van der Waals surface area contributed by atoms with E-state index in [9.17, 15) is 4.79 Å². The fourth-order valence-electron chi connectivity index (χ4n) is 3.28. The van der Waals surface area contributed by atoms with E-state index >= 15 is 0 Å². The first-order valence-electron chi connectivity index (χ1n) is 10.7. The molecule has 0 radical (unpaired) electrons. The van der Waals surface area contributed by atoms with Crippen LogP contribution in [0.2, 0.25) is 0 Å². The lowest BCUT2D eigenvalue weighted by Crippen LogP contribution is -2.38. The number of methoxy groups -OCH3 is 3. The predicted octanol–water partition coefficient (Wildman–Crippen LogP) is 2.41. The van der Waals surface area contributed by atoms with Crippen LogP contribution in [0.4, 0.5) is 0 Å². The van der Waals surface area contributed by atoms with Crippen molar-refractivity contribution in [2.45, 2.75) is 19.8 Å². The number of benzene rings is 2. The van der Waals surface area contributed by atoms with Crippen molar-refractivity contribution in [2.24, 2.45) is 4.99 Å². The lowest BCUT2D eigenvalue weighted by atomic mass is 10.1. The summed E-state index contributed by atoms with van der Waals surface area (Å²) in [6, 6.07) is 11.3. The van der Waals surface area contributed by atoms with Gasteiger partial charge < -0.3 is 30.2 Å². The maximum atomic E-state index is 11.8. The minimum atomic E-state index is -0.0842. The number of ether oxygens (including phenoxy) is 3. The lowest BCUT2D eigenvalue weighted by Gasteiger charge is -2.15. The van der Waals surface area contributed by atoms with E-state index in [-0.39, 0.29) is 5.91 Å². The molecule has 0 saturated heterocycles. The van der Waals surface area contributed by atoms with Crippen LogP contribution in [-0.4, -0.2) is 59.9 Å². The van der Waals surface area contributed by atoms with E-state index in [1.54, 1.807) is 28.4 Å². The molecule has 0 spiro atoms. The zero-order chi connectivity index (χ0) is 23.3. The summed E-state index contributed by atoms with van der Waals surface area (Å²) in [5.41, 5.74) is 2.69. The first kappa shape index (κ1) is 24.8. The lowest BCUT2D eigenvalue weighted by molar-refractivity contribution is 0.0963. The number of nitrogens with one attached hydrogen (secondary N) is 3. The van der Waals surface area contributed by atoms with Crippen molar-refractivity contribution in [1.29, 1.82) is 0 Å². The van der Waals surface area contributed by atoms with Crippen LogP contribution in [0.25, 0.3) is 0 Å². The highest BCUT2D eigenvalue weighted by molar-refractivity contribution is 5.94. The highest BCUT2D eigenvalue weighted by atomic mass is 16.5. The number of carbonyl (C=O) groups excluding carboxylic acids is 1. The Bertz CT molecular complexity index is 890. The normalized spacial score (nSPS) is 11.0. The minimum absolute atomic E-state index is 0.0842. The molecule has 174 valence electrons. The molecule has 0 saturated carbocycles. The van der Waals surface area contributed by atoms with Gasteiger partial charge in [-0.3, -0.25) is 9.79 Å². The summed E-state index contributed by atoms with van der Waals surface area (Å²) in [6.45, 7) is 4.03. The third kappa shape index (κ3) is 7.08. The zero-order valence-electron chi connectivity index (χ0n) is 19.6. The summed E-state index contributed by atoms with van der Waals surface area (Å²) in [6.07, 6.45) is 1.43. The van der Waals surface area contributed by atoms with Gasteiger partial charge in [-0.1, -0.05) is 12.1 Å². The van der Waals surface area contributed by atoms with Crippen LogP contribution >= 0.6 is 0 Å². The van der Waals surface area contributed by atoms with Crippen molar-refractivity contribution in [3.8, 4) is 17.2 Å². The molecule has 0 aliphatic carbocycles. The summed E-state index contributed by atoms with van der Waals surface area (Å²) < 4.78 is 16.3. The topological polar surface area (TPSA) is 93.2 Å². The third-order valence-electron chi connectivity index (χ3n) is 4.92. The molecular formula is C24H34N4O4. The Morgan fingerprint density at radius 2 is 1.69 bits per heavy atom. The molecule has 0 aromatic heterocycles. The number of carbonyl (C=O) groups is 1. The van der Waals surface area contributed by atoms with Crippen molar-refractivity contribution in [3.05, 3.63) is 53.1 Å². The van der Waals surface area contributed by atoms with Gasteiger partial charge in [0.25, 0.3) is 5.91 Å². The molecular weight excluding hydrogens is 408 g/mol. The second kappa shape index (κ2) is 13.1. The average Bonchev–Trinajstić information content (AvgIpc) is 2.83. The van der Waals surface area contributed by atoms with Gasteiger partial charge in [0.1, 0.15) is 17.2 Å². The summed E-state index contributed by atoms with van der Waals surface area (Å²) in [4.78, 5) is 16.5. The van der Waals surface area contributed by atoms with E-state index in [1.165, 1.54) is 0 Å². The first-order chi connectivity index (χ1) is 15.6. The molecule has 1 amide bonds. The molecule has 2 aromatic rings. The van der Waals surface area contributed by atoms with E-state index in [0.717, 1.165) is 30.1 Å². The average molecular weight is 443 g/mol. The SMILES string of the molecule is CCNC(=NCCc1c(OC)cc(OC)cc1OC)NCCc1cccc(C(=O)NC)c1. The summed E-state index contributed by atoms with van der Waals surface area (Å²) >= 11 is 0. The van der Waals surface area contributed by atoms with Gasteiger partial charge in [0.2, 0.25) is 0 Å². The number of guanidine groups is 1. The van der Waals surface area contributed by atoms with Crippen molar-refractivity contribution >= 4 is 11.9 Å². The monoisotopic (exact) mass is 442 g/mol. The van der Waals surface area contributed by atoms with E-state index in [2.05, 4.69) is 20.9 Å². The highest BCUT2D eigenvalue weighted by Gasteiger charge is 2.13. The Balaban J connectivity index is 2.00. The number of rotatable bonds is 11. The molecule has 32 heavy (non-hydrogen) atoms. The van der Waals surface area contributed by atoms with Crippen LogP contribution in [-0.2, 0) is 12.8 Å². The van der Waals surface area contributed by atoms with E-state index < -0.39 is 0 Å². The van der Waals surface area contributed by atoms with Gasteiger partial charge in [0, 0.05) is 49.9 Å². The fraction of sp³-hybridized carbons (Fsp3) is 0.417. The Kier molecular flexibility index (Phi) is 10.2. The molecule has 0 aliphatic heterocycles. The summed E-state index contributed by atoms with van der Waals surface area (Å²) in [5, 5.41) is 9.26. The number of hydrogen-bond acceptors (Lipinski definition) is 5. The molecule has 0 bridgehead atoms. The fourth-order valence-corrected chi connectivity index (χ4v) is 3.28. The Morgan fingerprint density at radius 3 is 2.28 bits per heavy atom. The van der Waals surface area contributed by atoms with Crippen LogP contribution in [0.15, 0.2) is 41.4 Å². The maximum Gasteiger partial charge on any atom is 0.251 e. The van der Waals surface area contributed by atoms with Gasteiger partial charge >= 0.3 is 0 Å². The molecule has 0 atom stereocenters. The largest absolute Gasteiger partial charge is 0.496 e. The van der Waals surface area contributed by atoms with Gasteiger partial charge in [-0.2, -0.15) is 0 Å². The molecule has 0 heterocycles. The van der Waals surface area contributed by atoms with Crippen molar-refractivity contribution in [3.63, 3.8) is 0 Å². The van der Waals surface area contributed by atoms with Crippen LogP contribution in [0.3, 0.4) is 0 Å². The smallest absolute Gasteiger partial charge is 0.251 e. The number of nitrogens with zero attached hydrogens (tertiary/aromatic N) is 1. The van der Waals surface area contributed by atoms with E-state index in [1.807, 2.05) is 43.3 Å². The Hall–Kier alpha value is -3.42. The molecule has 8 nitrogen and oxygen atoms in total. The van der Waals surface area contributed by atoms with Crippen molar-refractivity contribution in [1.82, 2.24) is 16.0 Å². The zero-order valence-corrected chi connectivity index (χ0v) is 19.6. The second-order valence-corrected chi connectivity index (χ2v) is 6.98. The molecule has 0 unspecified atom stereocenters. The second-order valence-electron chi connectivity index (χ2n) is 6.98. The van der Waals surface area contributed by atoms with E-state index in [4.69, 9.17) is 14.2 Å². The molecule has 2 aromatic carbocycles. The molecule has 2 rings (SSSR count). The van der Waals surface area contributed by atoms with Crippen LogP contribution in [0, 0.1) is 0 Å². The van der Waals surface area contributed by atoms with Crippen LogP contribution in [0.1, 0.15) is 28.4 Å². The minimum Gasteiger partial charge on any atom is -0.496 e. The molecule has 3 N–H and O–H groups in total. The number of amides is 1. The van der Waals surface area contributed by atoms with E-state index in [0.29, 0.717) is 42.3 Å². The summed E-state index contributed by atoms with van der Waals surface area (Å²) in [7, 11) is 6.51. The molecule has 8 heteroatoms. The molecule has 0 aliphatic rings. The molecule has 0 fully saturated rings. The standard InChI is InChI=1S/C24H34N4O4/c1-6-26-24(27-12-10-17-8-7-9-18(14-17)23(29)25-2)28-13-11-20-21(31-4)15-19(30-3)16-22(20)32-5/h7-9,14-16H,6,10-13H2,1-5H3,(H,25,29)(H2,26,27,28). The van der Waals surface area contributed by atoms with Gasteiger partial charge in [-0.25, -0.2) is 0 Å². The summed E-state index contributed by atoms with van der Waals surface area (Å²) in [5.74, 6) is 2.76. The van der Waals surface area contributed by atoms with Gasteiger partial charge in [-0.15, -0.1) is 0 Å². The third-order valence-corrected chi connectivity index (χ3v) is 4.92. The van der Waals surface area contributed by atoms with Crippen LogP contribution in [0.5, 0.6) is 17.2 Å². The predicted molar refractivity (Wildman–Crippen MR) is 127 cm³/mol.